The van der Waals surface area contributed by atoms with E-state index in [9.17, 15) is 9.59 Å². The third-order valence-corrected chi connectivity index (χ3v) is 5.34. The van der Waals surface area contributed by atoms with Gasteiger partial charge in [-0.2, -0.15) is 5.10 Å². The van der Waals surface area contributed by atoms with Gasteiger partial charge in [0.2, 0.25) is 0 Å². The summed E-state index contributed by atoms with van der Waals surface area (Å²) in [5, 5.41) is 4.27. The van der Waals surface area contributed by atoms with Crippen LogP contribution in [-0.2, 0) is 24.2 Å². The van der Waals surface area contributed by atoms with Crippen molar-refractivity contribution in [1.29, 1.82) is 0 Å². The summed E-state index contributed by atoms with van der Waals surface area (Å²) in [5.41, 5.74) is 2.79. The highest BCUT2D eigenvalue weighted by Gasteiger charge is 2.13. The first-order valence-corrected chi connectivity index (χ1v) is 10.5. The molecule has 0 saturated heterocycles. The fraction of sp³-hybridized carbons (Fsp3) is 0.261. The molecule has 156 valence electrons. The van der Waals surface area contributed by atoms with Gasteiger partial charge >= 0.3 is 0 Å². The summed E-state index contributed by atoms with van der Waals surface area (Å²) in [7, 11) is 3.17. The average molecular weight is 518 g/mol. The number of carbonyl (C=O) groups excluding carboxylic acids is 1. The van der Waals surface area contributed by atoms with E-state index in [2.05, 4.69) is 27.7 Å². The molecule has 2 aromatic carbocycles. The van der Waals surface area contributed by atoms with E-state index in [0.29, 0.717) is 29.2 Å². The van der Waals surface area contributed by atoms with Gasteiger partial charge in [0.15, 0.2) is 5.78 Å². The highest BCUT2D eigenvalue weighted by Crippen LogP contribution is 2.23. The molecule has 1 heterocycles. The number of aryl methyl sites for hydroxylation is 1. The van der Waals surface area contributed by atoms with Crippen LogP contribution >= 0.6 is 22.6 Å². The second kappa shape index (κ2) is 9.88. The van der Waals surface area contributed by atoms with Crippen LogP contribution in [0.15, 0.2) is 53.3 Å². The number of rotatable bonds is 8. The topological polar surface area (TPSA) is 70.4 Å². The summed E-state index contributed by atoms with van der Waals surface area (Å²) >= 11 is 2.22. The second-order valence-electron chi connectivity index (χ2n) is 7.01. The molecule has 0 aliphatic rings. The fourth-order valence-electron chi connectivity index (χ4n) is 3.22. The minimum Gasteiger partial charge on any atom is -0.497 e. The maximum atomic E-state index is 13.0. The minimum atomic E-state index is -0.265. The molecule has 0 N–H and O–H groups in total. The van der Waals surface area contributed by atoms with Crippen LogP contribution in [0.4, 0.5) is 0 Å². The minimum absolute atomic E-state index is 0.0546. The number of carbonyl (C=O) groups is 1. The van der Waals surface area contributed by atoms with Crippen molar-refractivity contribution in [3.8, 4) is 11.5 Å². The molecule has 0 amide bonds. The SMILES string of the molecule is COc1cc(Cc2cc(C)nn(CC(=O)Cc3ccc(I)cc3)c2=O)cc(OC)c1. The molecular weight excluding hydrogens is 495 g/mol. The molecule has 7 heteroatoms. The lowest BCUT2D eigenvalue weighted by Gasteiger charge is -2.11. The second-order valence-corrected chi connectivity index (χ2v) is 8.26. The third-order valence-electron chi connectivity index (χ3n) is 4.62. The van der Waals surface area contributed by atoms with Crippen LogP contribution in [0.1, 0.15) is 22.4 Å². The Balaban J connectivity index is 1.82. The van der Waals surface area contributed by atoms with Gasteiger partial charge in [0.25, 0.3) is 5.56 Å². The molecule has 0 spiro atoms. The number of Topliss-reactive ketones (excluding diaryl/α,β-unsaturated/α-hetero) is 1. The van der Waals surface area contributed by atoms with Crippen molar-refractivity contribution in [3.63, 3.8) is 0 Å². The highest BCUT2D eigenvalue weighted by molar-refractivity contribution is 14.1. The van der Waals surface area contributed by atoms with E-state index in [-0.39, 0.29) is 24.3 Å². The monoisotopic (exact) mass is 518 g/mol. The normalized spacial score (nSPS) is 10.7. The van der Waals surface area contributed by atoms with E-state index in [1.54, 1.807) is 26.4 Å². The van der Waals surface area contributed by atoms with Crippen molar-refractivity contribution in [3.05, 3.63) is 84.8 Å². The van der Waals surface area contributed by atoms with Crippen molar-refractivity contribution in [2.45, 2.75) is 26.3 Å². The standard InChI is InChI=1S/C23H23IN2O4/c1-15-8-18(9-17-11-21(29-2)13-22(12-17)30-3)23(28)26(25-15)14-20(27)10-16-4-6-19(24)7-5-16/h4-8,11-13H,9-10,14H2,1-3H3. The van der Waals surface area contributed by atoms with Gasteiger partial charge in [0, 0.05) is 28.0 Å². The summed E-state index contributed by atoms with van der Waals surface area (Å²) in [5.74, 6) is 1.25. The average Bonchev–Trinajstić information content (AvgIpc) is 2.72. The zero-order valence-corrected chi connectivity index (χ0v) is 19.3. The lowest BCUT2D eigenvalue weighted by molar-refractivity contribution is -0.119. The first-order chi connectivity index (χ1) is 14.4. The Morgan fingerprint density at radius 1 is 1.00 bits per heavy atom. The smallest absolute Gasteiger partial charge is 0.270 e. The summed E-state index contributed by atoms with van der Waals surface area (Å²) in [4.78, 5) is 25.5. The molecule has 0 saturated carbocycles. The van der Waals surface area contributed by atoms with Crippen molar-refractivity contribution in [1.82, 2.24) is 9.78 Å². The van der Waals surface area contributed by atoms with Gasteiger partial charge < -0.3 is 9.47 Å². The molecule has 0 fully saturated rings. The van der Waals surface area contributed by atoms with Crippen LogP contribution in [-0.4, -0.2) is 29.8 Å². The van der Waals surface area contributed by atoms with Crippen LogP contribution in [0, 0.1) is 10.5 Å². The van der Waals surface area contributed by atoms with Gasteiger partial charge in [-0.15, -0.1) is 0 Å². The Morgan fingerprint density at radius 2 is 1.63 bits per heavy atom. The maximum absolute atomic E-state index is 13.0. The zero-order chi connectivity index (χ0) is 21.7. The number of methoxy groups -OCH3 is 2. The van der Waals surface area contributed by atoms with Crippen molar-refractivity contribution < 1.29 is 14.3 Å². The van der Waals surface area contributed by atoms with Crippen LogP contribution in [0.25, 0.3) is 0 Å². The number of hydrogen-bond acceptors (Lipinski definition) is 5. The Hall–Kier alpha value is -2.68. The van der Waals surface area contributed by atoms with Gasteiger partial charge in [-0.25, -0.2) is 4.68 Å². The quantitative estimate of drug-likeness (QED) is 0.427. The Bertz CT molecular complexity index is 1080. The van der Waals surface area contributed by atoms with Crippen LogP contribution in [0.3, 0.4) is 0 Å². The van der Waals surface area contributed by atoms with E-state index in [1.165, 1.54) is 4.68 Å². The summed E-state index contributed by atoms with van der Waals surface area (Å²) in [6, 6.07) is 15.0. The number of aromatic nitrogens is 2. The van der Waals surface area contributed by atoms with Crippen molar-refractivity contribution in [2.75, 3.05) is 14.2 Å². The van der Waals surface area contributed by atoms with Gasteiger partial charge in [-0.1, -0.05) is 12.1 Å². The van der Waals surface area contributed by atoms with Gasteiger partial charge in [-0.3, -0.25) is 9.59 Å². The van der Waals surface area contributed by atoms with E-state index in [1.807, 2.05) is 43.3 Å². The fourth-order valence-corrected chi connectivity index (χ4v) is 3.58. The lowest BCUT2D eigenvalue weighted by atomic mass is 10.1. The molecule has 6 nitrogen and oxygen atoms in total. The van der Waals surface area contributed by atoms with Crippen LogP contribution in [0.5, 0.6) is 11.5 Å². The molecule has 0 atom stereocenters. The summed E-state index contributed by atoms with van der Waals surface area (Å²) in [6.07, 6.45) is 0.655. The molecule has 0 aliphatic carbocycles. The molecule has 3 aromatic rings. The number of halogens is 1. The first kappa shape index (κ1) is 22.0. The molecule has 0 bridgehead atoms. The molecule has 1 aromatic heterocycles. The molecule has 0 radical (unpaired) electrons. The summed E-state index contributed by atoms with van der Waals surface area (Å²) < 4.78 is 13.0. The molecule has 0 aliphatic heterocycles. The Labute approximate surface area is 189 Å². The van der Waals surface area contributed by atoms with Gasteiger partial charge in [0.1, 0.15) is 18.0 Å². The van der Waals surface area contributed by atoms with Gasteiger partial charge in [-0.05, 0) is 71.0 Å². The summed E-state index contributed by atoms with van der Waals surface area (Å²) in [6.45, 7) is 1.76. The predicted molar refractivity (Wildman–Crippen MR) is 123 cm³/mol. The number of hydrogen-bond donors (Lipinski definition) is 0. The molecule has 0 unspecified atom stereocenters. The van der Waals surface area contributed by atoms with Crippen LogP contribution in [0.2, 0.25) is 0 Å². The predicted octanol–water partition coefficient (Wildman–Crippen LogP) is 3.58. The zero-order valence-electron chi connectivity index (χ0n) is 17.1. The maximum Gasteiger partial charge on any atom is 0.270 e. The number of nitrogens with zero attached hydrogens (tertiary/aromatic N) is 2. The molecule has 30 heavy (non-hydrogen) atoms. The van der Waals surface area contributed by atoms with E-state index in [4.69, 9.17) is 9.47 Å². The Kier molecular flexibility index (Phi) is 7.25. The lowest BCUT2D eigenvalue weighted by Crippen LogP contribution is -2.30. The third kappa shape index (κ3) is 5.69. The largest absolute Gasteiger partial charge is 0.497 e. The molecule has 3 rings (SSSR count). The van der Waals surface area contributed by atoms with Gasteiger partial charge in [0.05, 0.1) is 19.9 Å². The van der Waals surface area contributed by atoms with Crippen molar-refractivity contribution in [2.24, 2.45) is 0 Å². The first-order valence-electron chi connectivity index (χ1n) is 9.43. The molecular formula is C23H23IN2O4. The van der Waals surface area contributed by atoms with Crippen molar-refractivity contribution >= 4 is 28.4 Å². The Morgan fingerprint density at radius 3 is 2.23 bits per heavy atom. The van der Waals surface area contributed by atoms with E-state index < -0.39 is 0 Å². The number of benzene rings is 2. The van der Waals surface area contributed by atoms with E-state index in [0.717, 1.165) is 14.7 Å². The highest BCUT2D eigenvalue weighted by atomic mass is 127. The number of ether oxygens (including phenoxy) is 2. The number of ketones is 1. The van der Waals surface area contributed by atoms with E-state index >= 15 is 0 Å². The van der Waals surface area contributed by atoms with Crippen LogP contribution < -0.4 is 15.0 Å².